The first kappa shape index (κ1) is 19.9. The van der Waals surface area contributed by atoms with Gasteiger partial charge in [-0.25, -0.2) is 4.98 Å². The molecule has 1 aromatic heterocycles. The van der Waals surface area contributed by atoms with E-state index in [1.807, 2.05) is 59.5 Å². The van der Waals surface area contributed by atoms with Gasteiger partial charge in [0.15, 0.2) is 0 Å². The van der Waals surface area contributed by atoms with Crippen LogP contribution in [-0.2, 0) is 0 Å². The normalized spacial score (nSPS) is 13.8. The maximum Gasteiger partial charge on any atom is 0.258 e. The first-order chi connectivity index (χ1) is 14.6. The van der Waals surface area contributed by atoms with Crippen LogP contribution in [0.4, 0.5) is 11.4 Å². The number of piperazine rings is 1. The Morgan fingerprint density at radius 3 is 2.23 bits per heavy atom. The van der Waals surface area contributed by atoms with Crippen molar-refractivity contribution in [1.29, 1.82) is 0 Å². The van der Waals surface area contributed by atoms with Crippen LogP contribution in [0.2, 0.25) is 5.15 Å². The SMILES string of the molecule is O=C(Nc1ccc(N2CCN(C(=O)c3ccccc3)CC2)cc1)c1cccnc1Cl. The Morgan fingerprint density at radius 2 is 1.57 bits per heavy atom. The Bertz CT molecular complexity index is 1030. The van der Waals surface area contributed by atoms with E-state index < -0.39 is 0 Å². The molecule has 2 amide bonds. The van der Waals surface area contributed by atoms with Crippen LogP contribution in [0.15, 0.2) is 72.9 Å². The van der Waals surface area contributed by atoms with Gasteiger partial charge in [0.05, 0.1) is 5.56 Å². The van der Waals surface area contributed by atoms with E-state index in [1.54, 1.807) is 18.3 Å². The molecule has 1 N–H and O–H groups in total. The molecule has 2 heterocycles. The van der Waals surface area contributed by atoms with E-state index in [-0.39, 0.29) is 17.0 Å². The van der Waals surface area contributed by atoms with E-state index in [9.17, 15) is 9.59 Å². The summed E-state index contributed by atoms with van der Waals surface area (Å²) in [6.45, 7) is 2.86. The van der Waals surface area contributed by atoms with Crippen molar-refractivity contribution in [1.82, 2.24) is 9.88 Å². The van der Waals surface area contributed by atoms with E-state index >= 15 is 0 Å². The van der Waals surface area contributed by atoms with Gasteiger partial charge in [-0.05, 0) is 48.5 Å². The summed E-state index contributed by atoms with van der Waals surface area (Å²) < 4.78 is 0. The van der Waals surface area contributed by atoms with E-state index in [2.05, 4.69) is 15.2 Å². The highest BCUT2D eigenvalue weighted by Crippen LogP contribution is 2.21. The molecule has 0 saturated carbocycles. The summed E-state index contributed by atoms with van der Waals surface area (Å²) in [5.74, 6) is -0.226. The first-order valence-corrected chi connectivity index (χ1v) is 10.1. The van der Waals surface area contributed by atoms with Crippen molar-refractivity contribution >= 4 is 34.8 Å². The highest BCUT2D eigenvalue weighted by atomic mass is 35.5. The van der Waals surface area contributed by atoms with Crippen molar-refractivity contribution in [3.05, 3.63) is 89.2 Å². The van der Waals surface area contributed by atoms with E-state index in [0.717, 1.165) is 24.3 Å². The number of pyridine rings is 1. The highest BCUT2D eigenvalue weighted by Gasteiger charge is 2.22. The van der Waals surface area contributed by atoms with Gasteiger partial charge >= 0.3 is 0 Å². The van der Waals surface area contributed by atoms with Crippen LogP contribution in [-0.4, -0.2) is 47.9 Å². The Morgan fingerprint density at radius 1 is 0.867 bits per heavy atom. The molecule has 0 radical (unpaired) electrons. The minimum atomic E-state index is -0.297. The molecule has 0 atom stereocenters. The zero-order valence-electron chi connectivity index (χ0n) is 16.3. The van der Waals surface area contributed by atoms with Crippen molar-refractivity contribution in [2.75, 3.05) is 36.4 Å². The van der Waals surface area contributed by atoms with Gasteiger partial charge in [-0.15, -0.1) is 0 Å². The van der Waals surface area contributed by atoms with Gasteiger partial charge in [-0.1, -0.05) is 29.8 Å². The molecule has 4 rings (SSSR count). The molecule has 2 aromatic carbocycles. The van der Waals surface area contributed by atoms with E-state index in [1.165, 1.54) is 0 Å². The van der Waals surface area contributed by atoms with Crippen LogP contribution in [0.1, 0.15) is 20.7 Å². The molecule has 1 saturated heterocycles. The van der Waals surface area contributed by atoms with Gasteiger partial charge in [0, 0.05) is 49.3 Å². The van der Waals surface area contributed by atoms with Crippen LogP contribution in [0, 0.1) is 0 Å². The number of carbonyl (C=O) groups excluding carboxylic acids is 2. The molecule has 7 heteroatoms. The summed E-state index contributed by atoms with van der Waals surface area (Å²) in [5.41, 5.74) is 2.79. The Hall–Kier alpha value is -3.38. The van der Waals surface area contributed by atoms with Crippen molar-refractivity contribution < 1.29 is 9.59 Å². The second kappa shape index (κ2) is 8.97. The average Bonchev–Trinajstić information content (AvgIpc) is 2.80. The molecule has 6 nitrogen and oxygen atoms in total. The van der Waals surface area contributed by atoms with Crippen molar-refractivity contribution in [3.63, 3.8) is 0 Å². The number of aromatic nitrogens is 1. The number of anilines is 2. The lowest BCUT2D eigenvalue weighted by molar-refractivity contribution is 0.0746. The largest absolute Gasteiger partial charge is 0.368 e. The molecule has 1 fully saturated rings. The molecule has 0 spiro atoms. The van der Waals surface area contributed by atoms with Gasteiger partial charge in [-0.3, -0.25) is 9.59 Å². The number of nitrogens with one attached hydrogen (secondary N) is 1. The Labute approximate surface area is 180 Å². The fraction of sp³-hybridized carbons (Fsp3) is 0.174. The zero-order chi connectivity index (χ0) is 20.9. The second-order valence-electron chi connectivity index (χ2n) is 6.99. The summed E-state index contributed by atoms with van der Waals surface area (Å²) in [5, 5.41) is 3.01. The third-order valence-corrected chi connectivity index (χ3v) is 5.38. The molecule has 0 aliphatic carbocycles. The van der Waals surface area contributed by atoms with Gasteiger partial charge < -0.3 is 15.1 Å². The molecular weight excluding hydrogens is 400 g/mol. The third-order valence-electron chi connectivity index (χ3n) is 5.08. The van der Waals surface area contributed by atoms with Gasteiger partial charge in [0.25, 0.3) is 11.8 Å². The molecule has 0 bridgehead atoms. The maximum absolute atomic E-state index is 12.6. The van der Waals surface area contributed by atoms with Crippen LogP contribution >= 0.6 is 11.6 Å². The van der Waals surface area contributed by atoms with Crippen LogP contribution in [0.5, 0.6) is 0 Å². The molecule has 1 aliphatic heterocycles. The summed E-state index contributed by atoms with van der Waals surface area (Å²) in [7, 11) is 0. The van der Waals surface area contributed by atoms with Crippen molar-refractivity contribution in [2.24, 2.45) is 0 Å². The third kappa shape index (κ3) is 4.44. The monoisotopic (exact) mass is 420 g/mol. The number of nitrogens with zero attached hydrogens (tertiary/aromatic N) is 3. The minimum Gasteiger partial charge on any atom is -0.368 e. The van der Waals surface area contributed by atoms with Crippen LogP contribution in [0.3, 0.4) is 0 Å². The number of amides is 2. The number of halogens is 1. The lowest BCUT2D eigenvalue weighted by Gasteiger charge is -2.36. The Balaban J connectivity index is 1.34. The van der Waals surface area contributed by atoms with Crippen molar-refractivity contribution in [2.45, 2.75) is 0 Å². The van der Waals surface area contributed by atoms with E-state index in [0.29, 0.717) is 24.3 Å². The first-order valence-electron chi connectivity index (χ1n) is 9.73. The number of rotatable bonds is 4. The number of benzene rings is 2. The summed E-state index contributed by atoms with van der Waals surface area (Å²) in [6, 6.07) is 20.3. The summed E-state index contributed by atoms with van der Waals surface area (Å²) in [6.07, 6.45) is 1.54. The second-order valence-corrected chi connectivity index (χ2v) is 7.35. The van der Waals surface area contributed by atoms with Gasteiger partial charge in [-0.2, -0.15) is 0 Å². The van der Waals surface area contributed by atoms with Crippen molar-refractivity contribution in [3.8, 4) is 0 Å². The number of hydrogen-bond donors (Lipinski definition) is 1. The molecular formula is C23H21ClN4O2. The fourth-order valence-electron chi connectivity index (χ4n) is 3.44. The lowest BCUT2D eigenvalue weighted by atomic mass is 10.1. The Kier molecular flexibility index (Phi) is 5.95. The maximum atomic E-state index is 12.6. The molecule has 152 valence electrons. The van der Waals surface area contributed by atoms with Crippen LogP contribution in [0.25, 0.3) is 0 Å². The summed E-state index contributed by atoms with van der Waals surface area (Å²) in [4.78, 5) is 33.0. The highest BCUT2D eigenvalue weighted by molar-refractivity contribution is 6.33. The van der Waals surface area contributed by atoms with Crippen LogP contribution < -0.4 is 10.2 Å². The predicted octanol–water partition coefficient (Wildman–Crippen LogP) is 3.95. The lowest BCUT2D eigenvalue weighted by Crippen LogP contribution is -2.48. The number of hydrogen-bond acceptors (Lipinski definition) is 4. The standard InChI is InChI=1S/C23H21ClN4O2/c24-21-20(7-4-12-25-21)22(29)26-18-8-10-19(11-9-18)27-13-15-28(16-14-27)23(30)17-5-2-1-3-6-17/h1-12H,13-16H2,(H,26,29). The average molecular weight is 421 g/mol. The molecule has 3 aromatic rings. The minimum absolute atomic E-state index is 0.0716. The molecule has 1 aliphatic rings. The smallest absolute Gasteiger partial charge is 0.258 e. The predicted molar refractivity (Wildman–Crippen MR) is 118 cm³/mol. The number of carbonyl (C=O) groups is 2. The molecule has 0 unspecified atom stereocenters. The zero-order valence-corrected chi connectivity index (χ0v) is 17.0. The quantitative estimate of drug-likeness (QED) is 0.649. The topological polar surface area (TPSA) is 65.5 Å². The fourth-order valence-corrected chi connectivity index (χ4v) is 3.65. The molecule has 30 heavy (non-hydrogen) atoms. The van der Waals surface area contributed by atoms with E-state index in [4.69, 9.17) is 11.6 Å². The summed E-state index contributed by atoms with van der Waals surface area (Å²) >= 11 is 5.98. The van der Waals surface area contributed by atoms with Gasteiger partial charge in [0.2, 0.25) is 0 Å². The van der Waals surface area contributed by atoms with Gasteiger partial charge in [0.1, 0.15) is 5.15 Å².